The highest BCUT2D eigenvalue weighted by atomic mass is 16.5. The molecule has 1 aliphatic rings. The van der Waals surface area contributed by atoms with E-state index in [4.69, 9.17) is 4.74 Å². The smallest absolute Gasteiger partial charge is 0.342 e. The molecule has 0 bridgehead atoms. The normalized spacial score (nSPS) is 19.4. The van der Waals surface area contributed by atoms with Crippen LogP contribution in [0.15, 0.2) is 30.6 Å². The van der Waals surface area contributed by atoms with E-state index < -0.39 is 5.97 Å². The van der Waals surface area contributed by atoms with Gasteiger partial charge in [-0.15, -0.1) is 0 Å². The molecule has 2 heterocycles. The van der Waals surface area contributed by atoms with Crippen molar-refractivity contribution < 1.29 is 14.3 Å². The molecular weight excluding hydrogens is 356 g/mol. The fourth-order valence-corrected chi connectivity index (χ4v) is 3.61. The van der Waals surface area contributed by atoms with Gasteiger partial charge in [0.05, 0.1) is 11.9 Å². The maximum atomic E-state index is 12.6. The highest BCUT2D eigenvalue weighted by Gasteiger charge is 2.24. The molecular formula is C21H28N4O3. The fraction of sp³-hybridized carbons (Fsp3) is 0.524. The molecule has 0 aliphatic heterocycles. The topological polar surface area (TPSA) is 86.1 Å². The zero-order chi connectivity index (χ0) is 20.1. The van der Waals surface area contributed by atoms with E-state index in [0.29, 0.717) is 17.1 Å². The molecule has 28 heavy (non-hydrogen) atoms. The number of nitrogens with one attached hydrogen (secondary N) is 1. The standard InChI is InChI=1S/C21H28N4O3/c1-14(2)20-17(12-23-25(20)18-6-4-5-11-22-18)21(27)28-13-19(26)24-16-9-7-15(3)8-10-16/h4-6,11-12,14-16H,7-10,13H2,1-3H3,(H,24,26). The minimum Gasteiger partial charge on any atom is -0.452 e. The second-order valence-corrected chi connectivity index (χ2v) is 7.80. The number of aromatic nitrogens is 3. The number of pyridine rings is 1. The van der Waals surface area contributed by atoms with Gasteiger partial charge in [-0.3, -0.25) is 4.79 Å². The molecule has 1 saturated carbocycles. The number of hydrogen-bond acceptors (Lipinski definition) is 5. The van der Waals surface area contributed by atoms with Gasteiger partial charge in [0.15, 0.2) is 12.4 Å². The van der Waals surface area contributed by atoms with Gasteiger partial charge in [-0.25, -0.2) is 14.5 Å². The first kappa shape index (κ1) is 20.0. The summed E-state index contributed by atoms with van der Waals surface area (Å²) in [5.74, 6) is 0.588. The average Bonchev–Trinajstić information content (AvgIpc) is 3.14. The van der Waals surface area contributed by atoms with Crippen molar-refractivity contribution in [3.63, 3.8) is 0 Å². The summed E-state index contributed by atoms with van der Waals surface area (Å²) >= 11 is 0. The van der Waals surface area contributed by atoms with Crippen molar-refractivity contribution in [1.29, 1.82) is 0 Å². The molecule has 7 heteroatoms. The quantitative estimate of drug-likeness (QED) is 0.773. The monoisotopic (exact) mass is 384 g/mol. The largest absolute Gasteiger partial charge is 0.452 e. The number of hydrogen-bond donors (Lipinski definition) is 1. The minimum absolute atomic E-state index is 0.0325. The number of carbonyl (C=O) groups is 2. The van der Waals surface area contributed by atoms with E-state index in [1.807, 2.05) is 32.0 Å². The summed E-state index contributed by atoms with van der Waals surface area (Å²) < 4.78 is 6.91. The number of esters is 1. The van der Waals surface area contributed by atoms with Crippen molar-refractivity contribution in [3.8, 4) is 5.82 Å². The van der Waals surface area contributed by atoms with Crippen LogP contribution in [0.1, 0.15) is 68.4 Å². The Morgan fingerprint density at radius 2 is 2.00 bits per heavy atom. The lowest BCUT2D eigenvalue weighted by Crippen LogP contribution is -2.39. The lowest BCUT2D eigenvalue weighted by Gasteiger charge is -2.26. The van der Waals surface area contributed by atoms with Crippen molar-refractivity contribution in [2.45, 2.75) is 58.4 Å². The highest BCUT2D eigenvalue weighted by molar-refractivity contribution is 5.92. The molecule has 7 nitrogen and oxygen atoms in total. The molecule has 0 aromatic carbocycles. The van der Waals surface area contributed by atoms with Gasteiger partial charge in [-0.05, 0) is 49.7 Å². The van der Waals surface area contributed by atoms with Crippen LogP contribution in [0.25, 0.3) is 5.82 Å². The van der Waals surface area contributed by atoms with Gasteiger partial charge < -0.3 is 10.1 Å². The molecule has 0 spiro atoms. The molecule has 2 aromatic heterocycles. The van der Waals surface area contributed by atoms with E-state index in [9.17, 15) is 9.59 Å². The Morgan fingerprint density at radius 3 is 2.64 bits per heavy atom. The lowest BCUT2D eigenvalue weighted by atomic mass is 9.87. The van der Waals surface area contributed by atoms with Gasteiger partial charge >= 0.3 is 5.97 Å². The first-order valence-electron chi connectivity index (χ1n) is 9.91. The van der Waals surface area contributed by atoms with Crippen molar-refractivity contribution >= 4 is 11.9 Å². The number of amides is 1. The molecule has 3 rings (SSSR count). The molecule has 1 fully saturated rings. The van der Waals surface area contributed by atoms with E-state index in [2.05, 4.69) is 22.3 Å². The molecule has 1 aliphatic carbocycles. The van der Waals surface area contributed by atoms with E-state index in [0.717, 1.165) is 31.6 Å². The third-order valence-corrected chi connectivity index (χ3v) is 5.15. The van der Waals surface area contributed by atoms with E-state index in [-0.39, 0.29) is 24.5 Å². The number of ether oxygens (including phenoxy) is 1. The predicted octanol–water partition coefficient (Wildman–Crippen LogP) is 3.24. The molecule has 150 valence electrons. The minimum atomic E-state index is -0.543. The lowest BCUT2D eigenvalue weighted by molar-refractivity contribution is -0.125. The Balaban J connectivity index is 1.63. The first-order chi connectivity index (χ1) is 13.5. The van der Waals surface area contributed by atoms with Crippen LogP contribution in [-0.4, -0.2) is 39.3 Å². The molecule has 0 atom stereocenters. The van der Waals surface area contributed by atoms with E-state index >= 15 is 0 Å². The Bertz CT molecular complexity index is 808. The maximum Gasteiger partial charge on any atom is 0.342 e. The maximum absolute atomic E-state index is 12.6. The second kappa shape index (κ2) is 8.99. The van der Waals surface area contributed by atoms with E-state index in [1.54, 1.807) is 10.9 Å². The number of rotatable bonds is 6. The van der Waals surface area contributed by atoms with Gasteiger partial charge in [0.1, 0.15) is 5.56 Å². The fourth-order valence-electron chi connectivity index (χ4n) is 3.61. The molecule has 0 saturated heterocycles. The zero-order valence-electron chi connectivity index (χ0n) is 16.7. The Kier molecular flexibility index (Phi) is 6.44. The summed E-state index contributed by atoms with van der Waals surface area (Å²) in [5.41, 5.74) is 1.07. The van der Waals surface area contributed by atoms with Gasteiger partial charge in [0, 0.05) is 12.2 Å². The second-order valence-electron chi connectivity index (χ2n) is 7.80. The Labute approximate surface area is 165 Å². The summed E-state index contributed by atoms with van der Waals surface area (Å²) in [7, 11) is 0. The summed E-state index contributed by atoms with van der Waals surface area (Å²) in [5, 5.41) is 7.28. The van der Waals surface area contributed by atoms with Crippen molar-refractivity contribution in [2.75, 3.05) is 6.61 Å². The first-order valence-corrected chi connectivity index (χ1v) is 9.91. The molecule has 0 radical (unpaired) electrons. The summed E-state index contributed by atoms with van der Waals surface area (Å²) in [6, 6.07) is 5.69. The van der Waals surface area contributed by atoms with Crippen LogP contribution in [0.3, 0.4) is 0 Å². The van der Waals surface area contributed by atoms with Crippen LogP contribution < -0.4 is 5.32 Å². The van der Waals surface area contributed by atoms with Gasteiger partial charge in [0.2, 0.25) is 0 Å². The highest BCUT2D eigenvalue weighted by Crippen LogP contribution is 2.24. The van der Waals surface area contributed by atoms with E-state index in [1.165, 1.54) is 6.20 Å². The van der Waals surface area contributed by atoms with Crippen LogP contribution in [0.2, 0.25) is 0 Å². The summed E-state index contributed by atoms with van der Waals surface area (Å²) in [6.45, 7) is 5.91. The van der Waals surface area contributed by atoms with Crippen molar-refractivity contribution in [1.82, 2.24) is 20.1 Å². The molecule has 0 unspecified atom stereocenters. The average molecular weight is 384 g/mol. The van der Waals surface area contributed by atoms with Gasteiger partial charge in [-0.2, -0.15) is 5.10 Å². The van der Waals surface area contributed by atoms with Crippen molar-refractivity contribution in [2.24, 2.45) is 5.92 Å². The molecule has 1 amide bonds. The van der Waals surface area contributed by atoms with Crippen LogP contribution in [-0.2, 0) is 9.53 Å². The molecule has 2 aromatic rings. The van der Waals surface area contributed by atoms with Crippen molar-refractivity contribution in [3.05, 3.63) is 41.9 Å². The predicted molar refractivity (Wildman–Crippen MR) is 105 cm³/mol. The summed E-state index contributed by atoms with van der Waals surface area (Å²) in [6.07, 6.45) is 7.36. The van der Waals surface area contributed by atoms with Crippen LogP contribution in [0.4, 0.5) is 0 Å². The Hall–Kier alpha value is -2.70. The number of nitrogens with zero attached hydrogens (tertiary/aromatic N) is 3. The third-order valence-electron chi connectivity index (χ3n) is 5.15. The van der Waals surface area contributed by atoms with Gasteiger partial charge in [-0.1, -0.05) is 26.8 Å². The Morgan fingerprint density at radius 1 is 1.25 bits per heavy atom. The van der Waals surface area contributed by atoms with Crippen LogP contribution in [0, 0.1) is 5.92 Å². The van der Waals surface area contributed by atoms with Crippen LogP contribution in [0.5, 0.6) is 0 Å². The van der Waals surface area contributed by atoms with Crippen LogP contribution >= 0.6 is 0 Å². The number of carbonyl (C=O) groups excluding carboxylic acids is 2. The van der Waals surface area contributed by atoms with Gasteiger partial charge in [0.25, 0.3) is 5.91 Å². The zero-order valence-corrected chi connectivity index (χ0v) is 16.7. The summed E-state index contributed by atoms with van der Waals surface area (Å²) in [4.78, 5) is 29.0. The third kappa shape index (κ3) is 4.77. The molecule has 1 N–H and O–H groups in total. The SMILES string of the molecule is CC1CCC(NC(=O)COC(=O)c2cnn(-c3ccccn3)c2C(C)C)CC1.